The minimum Gasteiger partial charge on any atom is -0.382 e. The fourth-order valence-corrected chi connectivity index (χ4v) is 3.64. The lowest BCUT2D eigenvalue weighted by Gasteiger charge is -2.22. The van der Waals surface area contributed by atoms with Crippen molar-refractivity contribution in [2.75, 3.05) is 12.4 Å². The predicted molar refractivity (Wildman–Crippen MR) is 83.3 cm³/mol. The van der Waals surface area contributed by atoms with Crippen molar-refractivity contribution in [1.29, 1.82) is 0 Å². The molecule has 1 aromatic carbocycles. The number of aryl methyl sites for hydroxylation is 1. The van der Waals surface area contributed by atoms with Gasteiger partial charge in [-0.25, -0.2) is 0 Å². The van der Waals surface area contributed by atoms with Gasteiger partial charge in [-0.1, -0.05) is 26.0 Å². The number of hydrogen-bond donors (Lipinski definition) is 0. The monoisotopic (exact) mass is 312 g/mol. The Balaban J connectivity index is 2.10. The highest BCUT2D eigenvalue weighted by Gasteiger charge is 2.24. The Labute approximate surface area is 127 Å². The van der Waals surface area contributed by atoms with E-state index < -0.39 is 10.1 Å². The second kappa shape index (κ2) is 6.79. The van der Waals surface area contributed by atoms with Gasteiger partial charge < -0.3 is 8.92 Å². The third-order valence-corrected chi connectivity index (χ3v) is 4.97. The van der Waals surface area contributed by atoms with Crippen LogP contribution in [0.4, 0.5) is 0 Å². The van der Waals surface area contributed by atoms with Gasteiger partial charge >= 0.3 is 10.1 Å². The Morgan fingerprint density at radius 1 is 1.33 bits per heavy atom. The van der Waals surface area contributed by atoms with Gasteiger partial charge in [-0.2, -0.15) is 8.42 Å². The first-order valence-corrected chi connectivity index (χ1v) is 9.09. The molecule has 0 spiro atoms. The van der Waals surface area contributed by atoms with E-state index in [4.69, 9.17) is 8.92 Å². The molecule has 1 aromatic rings. The van der Waals surface area contributed by atoms with Gasteiger partial charge in [0.1, 0.15) is 11.5 Å². The van der Waals surface area contributed by atoms with Gasteiger partial charge in [-0.3, -0.25) is 0 Å². The van der Waals surface area contributed by atoms with Crippen LogP contribution in [0.2, 0.25) is 0 Å². The van der Waals surface area contributed by atoms with Crippen LogP contribution < -0.4 is 4.18 Å². The highest BCUT2D eigenvalue weighted by atomic mass is 32.2. The maximum atomic E-state index is 12.2. The summed E-state index contributed by atoms with van der Waals surface area (Å²) in [7, 11) is -3.62. The van der Waals surface area contributed by atoms with Gasteiger partial charge in [-0.05, 0) is 49.3 Å². The van der Waals surface area contributed by atoms with Gasteiger partial charge in [0.05, 0.1) is 6.10 Å². The third-order valence-electron chi connectivity index (χ3n) is 3.76. The van der Waals surface area contributed by atoms with Gasteiger partial charge in [0.2, 0.25) is 0 Å². The van der Waals surface area contributed by atoms with E-state index in [1.54, 1.807) is 0 Å². The van der Waals surface area contributed by atoms with Crippen LogP contribution in [0, 0.1) is 6.92 Å². The largest absolute Gasteiger partial charge is 0.382 e. The van der Waals surface area contributed by atoms with E-state index in [1.165, 1.54) is 0 Å². The molecule has 1 atom stereocenters. The molecule has 118 valence electrons. The molecule has 1 aliphatic heterocycles. The average Bonchev–Trinajstić information content (AvgIpc) is 2.41. The second-order valence-corrected chi connectivity index (χ2v) is 7.59. The second-order valence-electron chi connectivity index (χ2n) is 5.98. The zero-order valence-electron chi connectivity index (χ0n) is 13.0. The van der Waals surface area contributed by atoms with E-state index in [2.05, 4.69) is 13.8 Å². The van der Waals surface area contributed by atoms with Crippen molar-refractivity contribution in [2.45, 2.75) is 52.1 Å². The number of hydrogen-bond acceptors (Lipinski definition) is 4. The average molecular weight is 312 g/mol. The third kappa shape index (κ3) is 4.71. The molecule has 0 radical (unpaired) electrons. The summed E-state index contributed by atoms with van der Waals surface area (Å²) in [6.45, 7) is 6.63. The quantitative estimate of drug-likeness (QED) is 0.782. The first-order chi connectivity index (χ1) is 9.87. The van der Waals surface area contributed by atoms with Crippen LogP contribution in [0.15, 0.2) is 18.2 Å². The highest BCUT2D eigenvalue weighted by molar-refractivity contribution is 7.87. The summed E-state index contributed by atoms with van der Waals surface area (Å²) in [5.41, 5.74) is 1.90. The lowest BCUT2D eigenvalue weighted by atomic mass is 10.0. The molecule has 1 heterocycles. The Morgan fingerprint density at radius 3 is 2.71 bits per heavy atom. The summed E-state index contributed by atoms with van der Waals surface area (Å²) < 4.78 is 35.2. The molecule has 21 heavy (non-hydrogen) atoms. The molecular formula is C16H24O4S. The summed E-state index contributed by atoms with van der Waals surface area (Å²) in [6.07, 6.45) is 2.57. The van der Waals surface area contributed by atoms with Crippen LogP contribution in [0.5, 0.6) is 5.75 Å². The fraction of sp³-hybridized carbons (Fsp3) is 0.625. The standard InChI is InChI=1S/C16H24O4S/c1-12(2)14-8-7-13(3)16(10-14)20-21(17,18)11-15-6-4-5-9-19-15/h7-8,10,12,15H,4-6,9,11H2,1-3H3. The van der Waals surface area contributed by atoms with E-state index in [9.17, 15) is 8.42 Å². The maximum Gasteiger partial charge on any atom is 0.311 e. The van der Waals surface area contributed by atoms with Gasteiger partial charge in [0.25, 0.3) is 0 Å². The van der Waals surface area contributed by atoms with Crippen molar-refractivity contribution in [1.82, 2.24) is 0 Å². The molecule has 0 aromatic heterocycles. The van der Waals surface area contributed by atoms with Gasteiger partial charge in [-0.15, -0.1) is 0 Å². The van der Waals surface area contributed by atoms with Crippen molar-refractivity contribution in [3.63, 3.8) is 0 Å². The molecule has 1 fully saturated rings. The first-order valence-electron chi connectivity index (χ1n) is 7.52. The van der Waals surface area contributed by atoms with Gasteiger partial charge in [0, 0.05) is 6.61 Å². The molecule has 1 aliphatic rings. The van der Waals surface area contributed by atoms with Crippen molar-refractivity contribution in [2.24, 2.45) is 0 Å². The number of ether oxygens (including phenoxy) is 1. The fourth-order valence-electron chi connectivity index (χ4n) is 2.40. The van der Waals surface area contributed by atoms with Crippen LogP contribution in [-0.4, -0.2) is 26.9 Å². The van der Waals surface area contributed by atoms with Crippen LogP contribution >= 0.6 is 0 Å². The molecular weight excluding hydrogens is 288 g/mol. The summed E-state index contributed by atoms with van der Waals surface area (Å²) >= 11 is 0. The summed E-state index contributed by atoms with van der Waals surface area (Å²) in [6, 6.07) is 5.72. The van der Waals surface area contributed by atoms with Crippen LogP contribution in [-0.2, 0) is 14.9 Å². The van der Waals surface area contributed by atoms with E-state index in [1.807, 2.05) is 25.1 Å². The highest BCUT2D eigenvalue weighted by Crippen LogP contribution is 2.26. The van der Waals surface area contributed by atoms with E-state index in [0.717, 1.165) is 30.4 Å². The molecule has 0 saturated carbocycles. The van der Waals surface area contributed by atoms with Crippen LogP contribution in [0.3, 0.4) is 0 Å². The molecule has 4 nitrogen and oxygen atoms in total. The predicted octanol–water partition coefficient (Wildman–Crippen LogP) is 3.40. The first kappa shape index (κ1) is 16.3. The zero-order valence-corrected chi connectivity index (χ0v) is 13.8. The molecule has 2 rings (SSSR count). The van der Waals surface area contributed by atoms with Crippen molar-refractivity contribution < 1.29 is 17.3 Å². The normalized spacial score (nSPS) is 19.7. The Hall–Kier alpha value is -1.07. The minimum atomic E-state index is -3.62. The summed E-state index contributed by atoms with van der Waals surface area (Å²) in [4.78, 5) is 0. The Bertz CT molecular complexity index is 572. The van der Waals surface area contributed by atoms with Gasteiger partial charge in [0.15, 0.2) is 0 Å². The van der Waals surface area contributed by atoms with E-state index >= 15 is 0 Å². The number of rotatable bonds is 5. The SMILES string of the molecule is Cc1ccc(C(C)C)cc1OS(=O)(=O)CC1CCCCO1. The minimum absolute atomic E-state index is 0.0711. The molecule has 0 aliphatic carbocycles. The number of benzene rings is 1. The van der Waals surface area contributed by atoms with Crippen molar-refractivity contribution in [3.8, 4) is 5.75 Å². The molecule has 0 amide bonds. The topological polar surface area (TPSA) is 52.6 Å². The zero-order chi connectivity index (χ0) is 15.5. The Morgan fingerprint density at radius 2 is 2.10 bits per heavy atom. The Kier molecular flexibility index (Phi) is 5.27. The van der Waals surface area contributed by atoms with Crippen molar-refractivity contribution >= 4 is 10.1 Å². The summed E-state index contributed by atoms with van der Waals surface area (Å²) in [5, 5.41) is 0. The van der Waals surface area contributed by atoms with Crippen LogP contribution in [0.25, 0.3) is 0 Å². The molecule has 1 saturated heterocycles. The van der Waals surface area contributed by atoms with E-state index in [-0.39, 0.29) is 11.9 Å². The smallest absolute Gasteiger partial charge is 0.311 e. The molecule has 5 heteroatoms. The summed E-state index contributed by atoms with van der Waals surface area (Å²) in [5.74, 6) is 0.688. The van der Waals surface area contributed by atoms with Crippen molar-refractivity contribution in [3.05, 3.63) is 29.3 Å². The molecule has 0 bridgehead atoms. The van der Waals surface area contributed by atoms with Crippen LogP contribution in [0.1, 0.15) is 50.2 Å². The molecule has 1 unspecified atom stereocenters. The lowest BCUT2D eigenvalue weighted by Crippen LogP contribution is -2.30. The maximum absolute atomic E-state index is 12.2. The lowest BCUT2D eigenvalue weighted by molar-refractivity contribution is 0.0298. The van der Waals surface area contributed by atoms with E-state index in [0.29, 0.717) is 18.3 Å². The molecule has 0 N–H and O–H groups in total.